The van der Waals surface area contributed by atoms with Crippen LogP contribution in [0.2, 0.25) is 0 Å². The second-order valence-electron chi connectivity index (χ2n) is 5.63. The molecule has 0 aromatic carbocycles. The summed E-state index contributed by atoms with van der Waals surface area (Å²) in [6.45, 7) is 0. The van der Waals surface area contributed by atoms with E-state index < -0.39 is 0 Å². The molecule has 3 unspecified atom stereocenters. The number of rotatable bonds is 2. The third-order valence-electron chi connectivity index (χ3n) is 4.50. The van der Waals surface area contributed by atoms with E-state index in [-0.39, 0.29) is 0 Å². The zero-order valence-corrected chi connectivity index (χ0v) is 9.08. The van der Waals surface area contributed by atoms with E-state index in [0.29, 0.717) is 12.2 Å². The highest BCUT2D eigenvalue weighted by Crippen LogP contribution is 2.43. The Kier molecular flexibility index (Phi) is 2.53. The minimum Gasteiger partial charge on any atom is -0.370 e. The molecule has 1 heterocycles. The van der Waals surface area contributed by atoms with Crippen molar-refractivity contribution in [2.75, 3.05) is 0 Å². The first-order valence-corrected chi connectivity index (χ1v) is 6.57. The first-order valence-electron chi connectivity index (χ1n) is 6.57. The molecule has 0 aromatic rings. The van der Waals surface area contributed by atoms with Crippen molar-refractivity contribution in [1.82, 2.24) is 0 Å². The van der Waals surface area contributed by atoms with E-state index in [1.54, 1.807) is 0 Å². The van der Waals surface area contributed by atoms with Gasteiger partial charge in [0.1, 0.15) is 0 Å². The largest absolute Gasteiger partial charge is 0.370 e. The van der Waals surface area contributed by atoms with Crippen molar-refractivity contribution in [2.45, 2.75) is 70.0 Å². The third kappa shape index (κ3) is 1.98. The van der Waals surface area contributed by atoms with Crippen LogP contribution in [0.25, 0.3) is 0 Å². The van der Waals surface area contributed by atoms with Gasteiger partial charge in [-0.15, -0.1) is 0 Å². The van der Waals surface area contributed by atoms with E-state index in [1.807, 2.05) is 0 Å². The fourth-order valence-electron chi connectivity index (χ4n) is 3.60. The molecule has 3 aliphatic rings. The lowest BCUT2D eigenvalue weighted by Crippen LogP contribution is -2.18. The highest BCUT2D eigenvalue weighted by molar-refractivity contribution is 4.92. The molecule has 2 aliphatic carbocycles. The molecule has 1 saturated heterocycles. The minimum atomic E-state index is 0.692. The summed E-state index contributed by atoms with van der Waals surface area (Å²) in [4.78, 5) is 0. The van der Waals surface area contributed by atoms with Crippen molar-refractivity contribution in [3.63, 3.8) is 0 Å². The van der Waals surface area contributed by atoms with Gasteiger partial charge in [0.15, 0.2) is 0 Å². The molecular formula is C13H22O. The van der Waals surface area contributed by atoms with Gasteiger partial charge < -0.3 is 4.74 Å². The molecule has 0 bridgehead atoms. The molecule has 2 saturated carbocycles. The summed E-state index contributed by atoms with van der Waals surface area (Å²) in [5, 5.41) is 0. The molecule has 0 N–H and O–H groups in total. The zero-order chi connectivity index (χ0) is 9.38. The molecule has 0 aromatic heterocycles. The lowest BCUT2D eigenvalue weighted by atomic mass is 9.78. The van der Waals surface area contributed by atoms with Crippen molar-refractivity contribution in [1.29, 1.82) is 0 Å². The number of hydrogen-bond acceptors (Lipinski definition) is 1. The van der Waals surface area contributed by atoms with Crippen LogP contribution in [0.1, 0.15) is 57.8 Å². The number of epoxide rings is 1. The standard InChI is InChI=1S/C13H22O/c1-2-4-10(5-3-1)8-11-6-7-12-13(9-11)14-12/h10-13H,1-9H2. The number of ether oxygens (including phenoxy) is 1. The summed E-state index contributed by atoms with van der Waals surface area (Å²) in [7, 11) is 0. The van der Waals surface area contributed by atoms with Gasteiger partial charge in [-0.2, -0.15) is 0 Å². The van der Waals surface area contributed by atoms with Crippen molar-refractivity contribution in [3.8, 4) is 0 Å². The van der Waals surface area contributed by atoms with Crippen LogP contribution in [0.3, 0.4) is 0 Å². The predicted octanol–water partition coefficient (Wildman–Crippen LogP) is 3.52. The van der Waals surface area contributed by atoms with E-state index in [1.165, 1.54) is 57.8 Å². The summed E-state index contributed by atoms with van der Waals surface area (Å²) in [6.07, 6.45) is 14.6. The average molecular weight is 194 g/mol. The summed E-state index contributed by atoms with van der Waals surface area (Å²) in [5.74, 6) is 2.09. The van der Waals surface area contributed by atoms with Crippen LogP contribution in [0.15, 0.2) is 0 Å². The highest BCUT2D eigenvalue weighted by atomic mass is 16.6. The first-order chi connectivity index (χ1) is 6.92. The maximum atomic E-state index is 5.60. The van der Waals surface area contributed by atoms with E-state index in [2.05, 4.69) is 0 Å². The molecular weight excluding hydrogens is 172 g/mol. The maximum Gasteiger partial charge on any atom is 0.0844 e. The highest BCUT2D eigenvalue weighted by Gasteiger charge is 2.43. The molecule has 3 atom stereocenters. The fourth-order valence-corrected chi connectivity index (χ4v) is 3.60. The van der Waals surface area contributed by atoms with Crippen molar-refractivity contribution in [2.24, 2.45) is 11.8 Å². The van der Waals surface area contributed by atoms with Crippen LogP contribution in [0, 0.1) is 11.8 Å². The van der Waals surface area contributed by atoms with Gasteiger partial charge in [0.05, 0.1) is 12.2 Å². The summed E-state index contributed by atoms with van der Waals surface area (Å²) in [5.41, 5.74) is 0. The van der Waals surface area contributed by atoms with Gasteiger partial charge in [0, 0.05) is 0 Å². The summed E-state index contributed by atoms with van der Waals surface area (Å²) >= 11 is 0. The van der Waals surface area contributed by atoms with Gasteiger partial charge in [-0.1, -0.05) is 32.1 Å². The van der Waals surface area contributed by atoms with E-state index in [0.717, 1.165) is 11.8 Å². The first kappa shape index (κ1) is 9.21. The Morgan fingerprint density at radius 3 is 2.43 bits per heavy atom. The fraction of sp³-hybridized carbons (Fsp3) is 1.00. The summed E-state index contributed by atoms with van der Waals surface area (Å²) < 4.78 is 5.60. The lowest BCUT2D eigenvalue weighted by molar-refractivity contribution is 0.254. The van der Waals surface area contributed by atoms with Gasteiger partial charge in [0.2, 0.25) is 0 Å². The number of hydrogen-bond donors (Lipinski definition) is 0. The SMILES string of the molecule is C1CCC(CC2CCC3OC3C2)CC1. The molecule has 14 heavy (non-hydrogen) atoms. The second-order valence-corrected chi connectivity index (χ2v) is 5.63. The second kappa shape index (κ2) is 3.84. The van der Waals surface area contributed by atoms with Crippen LogP contribution in [0.5, 0.6) is 0 Å². The van der Waals surface area contributed by atoms with Gasteiger partial charge in [-0.05, 0) is 37.5 Å². The normalized spacial score (nSPS) is 43.3. The molecule has 0 amide bonds. The van der Waals surface area contributed by atoms with Gasteiger partial charge in [-0.3, -0.25) is 0 Å². The molecule has 0 spiro atoms. The summed E-state index contributed by atoms with van der Waals surface area (Å²) in [6, 6.07) is 0. The smallest absolute Gasteiger partial charge is 0.0844 e. The van der Waals surface area contributed by atoms with Crippen LogP contribution in [-0.2, 0) is 4.74 Å². The molecule has 1 heteroatoms. The topological polar surface area (TPSA) is 12.5 Å². The van der Waals surface area contributed by atoms with Crippen LogP contribution in [0.4, 0.5) is 0 Å². The van der Waals surface area contributed by atoms with Gasteiger partial charge in [-0.25, -0.2) is 0 Å². The molecule has 3 fully saturated rings. The van der Waals surface area contributed by atoms with Crippen molar-refractivity contribution < 1.29 is 4.74 Å². The van der Waals surface area contributed by atoms with E-state index >= 15 is 0 Å². The average Bonchev–Trinajstić information content (AvgIpc) is 2.97. The predicted molar refractivity (Wildman–Crippen MR) is 57.2 cm³/mol. The Hall–Kier alpha value is -0.0400. The Morgan fingerprint density at radius 2 is 1.64 bits per heavy atom. The molecule has 3 rings (SSSR count). The van der Waals surface area contributed by atoms with Gasteiger partial charge >= 0.3 is 0 Å². The van der Waals surface area contributed by atoms with Crippen LogP contribution >= 0.6 is 0 Å². The zero-order valence-electron chi connectivity index (χ0n) is 9.08. The Balaban J connectivity index is 1.46. The monoisotopic (exact) mass is 194 g/mol. The quantitative estimate of drug-likeness (QED) is 0.613. The minimum absolute atomic E-state index is 0.692. The molecule has 1 nitrogen and oxygen atoms in total. The Bertz CT molecular complexity index is 195. The maximum absolute atomic E-state index is 5.60. The van der Waals surface area contributed by atoms with E-state index in [9.17, 15) is 0 Å². The molecule has 1 aliphatic heterocycles. The number of fused-ring (bicyclic) bond motifs is 1. The van der Waals surface area contributed by atoms with Gasteiger partial charge in [0.25, 0.3) is 0 Å². The Labute approximate surface area is 87.2 Å². The van der Waals surface area contributed by atoms with E-state index in [4.69, 9.17) is 4.74 Å². The molecule has 80 valence electrons. The van der Waals surface area contributed by atoms with Crippen LogP contribution in [-0.4, -0.2) is 12.2 Å². The van der Waals surface area contributed by atoms with Crippen LogP contribution < -0.4 is 0 Å². The van der Waals surface area contributed by atoms with Crippen molar-refractivity contribution in [3.05, 3.63) is 0 Å². The molecule has 0 radical (unpaired) electrons. The van der Waals surface area contributed by atoms with Crippen molar-refractivity contribution >= 4 is 0 Å². The third-order valence-corrected chi connectivity index (χ3v) is 4.50. The lowest BCUT2D eigenvalue weighted by Gasteiger charge is -2.27. The Morgan fingerprint density at radius 1 is 0.786 bits per heavy atom.